The summed E-state index contributed by atoms with van der Waals surface area (Å²) in [6.45, 7) is 1.51. The molecule has 0 amide bonds. The average molecular weight is 243 g/mol. The van der Waals surface area contributed by atoms with Crippen molar-refractivity contribution in [3.63, 3.8) is 0 Å². The van der Waals surface area contributed by atoms with Crippen molar-refractivity contribution in [1.29, 1.82) is 5.26 Å². The lowest BCUT2D eigenvalue weighted by Gasteiger charge is -2.23. The van der Waals surface area contributed by atoms with Gasteiger partial charge in [0.25, 0.3) is 0 Å². The molecule has 2 rings (SSSR count). The average Bonchev–Trinajstić information content (AvgIpc) is 2.92. The van der Waals surface area contributed by atoms with E-state index in [1.807, 2.05) is 0 Å². The maximum Gasteiger partial charge on any atom is 0.227 e. The van der Waals surface area contributed by atoms with Gasteiger partial charge in [0, 0.05) is 18.6 Å². The van der Waals surface area contributed by atoms with Crippen LogP contribution in [0.15, 0.2) is 0 Å². The number of nitrogens with zero attached hydrogens (tertiary/aromatic N) is 2. The van der Waals surface area contributed by atoms with E-state index in [9.17, 15) is 8.42 Å². The van der Waals surface area contributed by atoms with E-state index < -0.39 is 15.8 Å². The van der Waals surface area contributed by atoms with E-state index in [1.54, 1.807) is 10.4 Å². The summed E-state index contributed by atoms with van der Waals surface area (Å²) in [5.74, 6) is -0.393. The molecule has 6 heteroatoms. The van der Waals surface area contributed by atoms with Gasteiger partial charge < -0.3 is 5.32 Å². The lowest BCUT2D eigenvalue weighted by Crippen LogP contribution is -2.43. The molecule has 0 aromatic rings. The molecule has 5 nitrogen and oxygen atoms in total. The third kappa shape index (κ3) is 2.73. The number of nitriles is 1. The zero-order valence-corrected chi connectivity index (χ0v) is 10.0. The van der Waals surface area contributed by atoms with Gasteiger partial charge in [0.2, 0.25) is 10.0 Å². The van der Waals surface area contributed by atoms with Crippen molar-refractivity contribution in [2.45, 2.75) is 37.8 Å². The molecule has 0 bridgehead atoms. The molecule has 1 saturated carbocycles. The van der Waals surface area contributed by atoms with Crippen molar-refractivity contribution in [3.05, 3.63) is 0 Å². The third-order valence-corrected chi connectivity index (χ3v) is 4.78. The summed E-state index contributed by atoms with van der Waals surface area (Å²) in [4.78, 5) is 0. The number of sulfonamides is 1. The van der Waals surface area contributed by atoms with Crippen LogP contribution in [0.25, 0.3) is 0 Å². The molecule has 0 radical (unpaired) electrons. The van der Waals surface area contributed by atoms with Gasteiger partial charge in [0.05, 0.1) is 6.07 Å². The Morgan fingerprint density at radius 1 is 1.38 bits per heavy atom. The fourth-order valence-electron chi connectivity index (χ4n) is 2.15. The highest BCUT2D eigenvalue weighted by atomic mass is 32.2. The van der Waals surface area contributed by atoms with Gasteiger partial charge in [-0.25, -0.2) is 8.42 Å². The molecule has 0 aromatic carbocycles. The monoisotopic (exact) mass is 243 g/mol. The predicted octanol–water partition coefficient (Wildman–Crippen LogP) is 0.0562. The minimum atomic E-state index is -3.36. The van der Waals surface area contributed by atoms with Crippen LogP contribution in [0.1, 0.15) is 25.7 Å². The number of rotatable bonds is 5. The van der Waals surface area contributed by atoms with Crippen LogP contribution >= 0.6 is 0 Å². The fraction of sp³-hybridized carbons (Fsp3) is 0.900. The fourth-order valence-corrected chi connectivity index (χ4v) is 3.55. The zero-order chi connectivity index (χ0) is 11.6. The van der Waals surface area contributed by atoms with Gasteiger partial charge in [0.15, 0.2) is 5.75 Å². The second kappa shape index (κ2) is 4.70. The van der Waals surface area contributed by atoms with E-state index in [0.717, 1.165) is 32.2 Å². The summed E-state index contributed by atoms with van der Waals surface area (Å²) < 4.78 is 25.3. The first kappa shape index (κ1) is 11.8. The molecule has 2 aliphatic rings. The largest absolute Gasteiger partial charge is 0.313 e. The molecule has 0 spiro atoms. The first-order valence-corrected chi connectivity index (χ1v) is 7.34. The predicted molar refractivity (Wildman–Crippen MR) is 60.2 cm³/mol. The number of hydrogen-bond acceptors (Lipinski definition) is 4. The van der Waals surface area contributed by atoms with E-state index in [1.165, 1.54) is 0 Å². The summed E-state index contributed by atoms with van der Waals surface area (Å²) in [7, 11) is -3.36. The summed E-state index contributed by atoms with van der Waals surface area (Å²) in [5, 5.41) is 11.8. The minimum absolute atomic E-state index is 0.153. The molecular formula is C10H17N3O2S. The zero-order valence-electron chi connectivity index (χ0n) is 9.22. The van der Waals surface area contributed by atoms with Gasteiger partial charge in [0.1, 0.15) is 0 Å². The summed E-state index contributed by atoms with van der Waals surface area (Å²) >= 11 is 0. The van der Waals surface area contributed by atoms with E-state index in [4.69, 9.17) is 5.26 Å². The third-order valence-electron chi connectivity index (χ3n) is 3.12. The van der Waals surface area contributed by atoms with E-state index in [0.29, 0.717) is 6.54 Å². The highest BCUT2D eigenvalue weighted by Gasteiger charge is 2.38. The summed E-state index contributed by atoms with van der Waals surface area (Å²) in [6, 6.07) is 2.17. The van der Waals surface area contributed by atoms with Crippen molar-refractivity contribution >= 4 is 10.0 Å². The second-order valence-corrected chi connectivity index (χ2v) is 6.43. The molecule has 90 valence electrons. The molecule has 1 atom stereocenters. The van der Waals surface area contributed by atoms with Gasteiger partial charge in [-0.05, 0) is 32.2 Å². The van der Waals surface area contributed by atoms with Crippen LogP contribution in [0.2, 0.25) is 0 Å². The van der Waals surface area contributed by atoms with Crippen molar-refractivity contribution in [2.24, 2.45) is 0 Å². The Morgan fingerprint density at radius 2 is 2.12 bits per heavy atom. The van der Waals surface area contributed by atoms with Crippen molar-refractivity contribution in [1.82, 2.24) is 9.62 Å². The van der Waals surface area contributed by atoms with E-state index >= 15 is 0 Å². The lowest BCUT2D eigenvalue weighted by molar-refractivity contribution is 0.364. The van der Waals surface area contributed by atoms with Crippen LogP contribution in [0.4, 0.5) is 0 Å². The first-order chi connectivity index (χ1) is 7.63. The minimum Gasteiger partial charge on any atom is -0.313 e. The second-order valence-electron chi connectivity index (χ2n) is 4.51. The highest BCUT2D eigenvalue weighted by molar-refractivity contribution is 7.89. The normalized spacial score (nSPS) is 25.9. The van der Waals surface area contributed by atoms with Crippen LogP contribution in [0.3, 0.4) is 0 Å². The Kier molecular flexibility index (Phi) is 3.47. The molecule has 1 heterocycles. The SMILES string of the molecule is N#CCS(=O)(=O)N(CC1CCCN1)C1CC1. The summed E-state index contributed by atoms with van der Waals surface area (Å²) in [6.07, 6.45) is 4.03. The van der Waals surface area contributed by atoms with Gasteiger partial charge in [-0.2, -0.15) is 9.57 Å². The Hall–Kier alpha value is -0.640. The topological polar surface area (TPSA) is 73.2 Å². The molecule has 1 saturated heterocycles. The Labute approximate surface area is 96.5 Å². The van der Waals surface area contributed by atoms with Crippen LogP contribution in [-0.4, -0.2) is 43.6 Å². The summed E-state index contributed by atoms with van der Waals surface area (Å²) in [5.41, 5.74) is 0. The van der Waals surface area contributed by atoms with E-state index in [2.05, 4.69) is 5.32 Å². The Morgan fingerprint density at radius 3 is 2.62 bits per heavy atom. The number of hydrogen-bond donors (Lipinski definition) is 1. The van der Waals surface area contributed by atoms with Crippen molar-refractivity contribution in [3.8, 4) is 6.07 Å². The Bertz CT molecular complexity index is 377. The van der Waals surface area contributed by atoms with Crippen molar-refractivity contribution < 1.29 is 8.42 Å². The maximum absolute atomic E-state index is 11.9. The Balaban J connectivity index is 2.02. The lowest BCUT2D eigenvalue weighted by atomic mass is 10.2. The molecule has 1 unspecified atom stereocenters. The van der Waals surface area contributed by atoms with Gasteiger partial charge in [-0.15, -0.1) is 0 Å². The molecular weight excluding hydrogens is 226 g/mol. The molecule has 0 aromatic heterocycles. The quantitative estimate of drug-likeness (QED) is 0.741. The van der Waals surface area contributed by atoms with Gasteiger partial charge in [-0.3, -0.25) is 0 Å². The van der Waals surface area contributed by atoms with Crippen LogP contribution in [0, 0.1) is 11.3 Å². The maximum atomic E-state index is 11.9. The molecule has 1 aliphatic carbocycles. The van der Waals surface area contributed by atoms with Crippen molar-refractivity contribution in [2.75, 3.05) is 18.8 Å². The standard InChI is InChI=1S/C10H17N3O2S/c11-5-7-16(14,15)13(10-3-4-10)8-9-2-1-6-12-9/h9-10,12H,1-4,6-8H2. The highest BCUT2D eigenvalue weighted by Crippen LogP contribution is 2.30. The van der Waals surface area contributed by atoms with Crippen LogP contribution in [-0.2, 0) is 10.0 Å². The molecule has 16 heavy (non-hydrogen) atoms. The van der Waals surface area contributed by atoms with Gasteiger partial charge >= 0.3 is 0 Å². The van der Waals surface area contributed by atoms with Gasteiger partial charge in [-0.1, -0.05) is 0 Å². The molecule has 2 fully saturated rings. The number of nitrogens with one attached hydrogen (secondary N) is 1. The first-order valence-electron chi connectivity index (χ1n) is 5.73. The van der Waals surface area contributed by atoms with Crippen LogP contribution in [0.5, 0.6) is 0 Å². The van der Waals surface area contributed by atoms with E-state index in [-0.39, 0.29) is 12.1 Å². The molecule has 1 N–H and O–H groups in total. The smallest absolute Gasteiger partial charge is 0.227 e. The molecule has 1 aliphatic heterocycles. The van der Waals surface area contributed by atoms with Crippen LogP contribution < -0.4 is 5.32 Å².